The predicted molar refractivity (Wildman–Crippen MR) is 68.0 cm³/mol. The summed E-state index contributed by atoms with van der Waals surface area (Å²) in [6.07, 6.45) is 5.34. The monoisotopic (exact) mass is 297 g/mol. The second-order valence-corrected chi connectivity index (χ2v) is 4.43. The second kappa shape index (κ2) is 5.13. The Morgan fingerprint density at radius 1 is 1.53 bits per heavy atom. The first-order valence-corrected chi connectivity index (χ1v) is 5.92. The van der Waals surface area contributed by atoms with E-state index in [0.717, 1.165) is 12.1 Å². The van der Waals surface area contributed by atoms with E-state index in [9.17, 15) is 4.79 Å². The Kier molecular flexibility index (Phi) is 3.58. The molecule has 2 heterocycles. The summed E-state index contributed by atoms with van der Waals surface area (Å²) < 4.78 is 2.31. The quantitative estimate of drug-likeness (QED) is 0.888. The molecule has 0 aliphatic rings. The Morgan fingerprint density at radius 3 is 3.06 bits per heavy atom. The van der Waals surface area contributed by atoms with Crippen molar-refractivity contribution in [3.63, 3.8) is 0 Å². The lowest BCUT2D eigenvalue weighted by molar-refractivity contribution is 0.637. The number of halogens is 1. The van der Waals surface area contributed by atoms with Crippen LogP contribution in [0.3, 0.4) is 0 Å². The highest BCUT2D eigenvalue weighted by Gasteiger charge is 2.03. The van der Waals surface area contributed by atoms with Crippen LogP contribution in [0.1, 0.15) is 5.56 Å². The molecular weight excluding hydrogens is 286 g/mol. The molecule has 0 unspecified atom stereocenters. The van der Waals surface area contributed by atoms with E-state index in [1.807, 2.05) is 24.0 Å². The number of hydrogen-bond acceptors (Lipinski definition) is 4. The Morgan fingerprint density at radius 2 is 2.35 bits per heavy atom. The van der Waals surface area contributed by atoms with Gasteiger partial charge in [0.25, 0.3) is 5.56 Å². The molecule has 0 aliphatic carbocycles. The van der Waals surface area contributed by atoms with E-state index in [1.54, 1.807) is 6.20 Å². The highest BCUT2D eigenvalue weighted by atomic mass is 79.9. The van der Waals surface area contributed by atoms with Gasteiger partial charge in [-0.05, 0) is 28.4 Å². The number of aryl methyl sites for hydroxylation is 1. The van der Waals surface area contributed by atoms with Gasteiger partial charge in [0.15, 0.2) is 0 Å². The van der Waals surface area contributed by atoms with Crippen molar-refractivity contribution in [2.24, 2.45) is 0 Å². The lowest BCUT2D eigenvalue weighted by Gasteiger charge is -2.06. The minimum Gasteiger partial charge on any atom is -0.381 e. The molecule has 0 spiro atoms. The molecule has 0 bridgehead atoms. The zero-order valence-electron chi connectivity index (χ0n) is 9.27. The summed E-state index contributed by atoms with van der Waals surface area (Å²) in [4.78, 5) is 11.3. The van der Waals surface area contributed by atoms with E-state index in [-0.39, 0.29) is 5.56 Å². The molecule has 2 rings (SSSR count). The van der Waals surface area contributed by atoms with E-state index in [2.05, 4.69) is 36.5 Å². The van der Waals surface area contributed by atoms with Crippen LogP contribution in [0.4, 0.5) is 5.69 Å². The van der Waals surface area contributed by atoms with Crippen molar-refractivity contribution in [2.75, 3.05) is 11.9 Å². The van der Waals surface area contributed by atoms with Crippen LogP contribution in [0, 0.1) is 6.92 Å². The van der Waals surface area contributed by atoms with Crippen LogP contribution >= 0.6 is 15.9 Å². The van der Waals surface area contributed by atoms with Crippen LogP contribution in [0.5, 0.6) is 0 Å². The normalized spacial score (nSPS) is 10.5. The summed E-state index contributed by atoms with van der Waals surface area (Å²) in [5, 5.41) is 13.4. The van der Waals surface area contributed by atoms with Gasteiger partial charge in [0.1, 0.15) is 4.47 Å². The number of nitrogens with zero attached hydrogens (tertiary/aromatic N) is 3. The van der Waals surface area contributed by atoms with Crippen molar-refractivity contribution in [1.29, 1.82) is 0 Å². The average Bonchev–Trinajstić information content (AvgIpc) is 2.70. The summed E-state index contributed by atoms with van der Waals surface area (Å²) in [7, 11) is 0. The molecule has 0 amide bonds. The zero-order chi connectivity index (χ0) is 12.3. The fraction of sp³-hybridized carbons (Fsp3) is 0.300. The summed E-state index contributed by atoms with van der Waals surface area (Å²) in [5.41, 5.74) is 1.56. The Bertz CT molecular complexity index is 562. The van der Waals surface area contributed by atoms with Gasteiger partial charge in [0.05, 0.1) is 24.6 Å². The first-order valence-electron chi connectivity index (χ1n) is 5.13. The van der Waals surface area contributed by atoms with Crippen molar-refractivity contribution < 1.29 is 0 Å². The van der Waals surface area contributed by atoms with Crippen LogP contribution in [-0.2, 0) is 6.54 Å². The van der Waals surface area contributed by atoms with E-state index in [0.29, 0.717) is 16.7 Å². The Balaban J connectivity index is 1.94. The van der Waals surface area contributed by atoms with Crippen molar-refractivity contribution in [1.82, 2.24) is 20.0 Å². The first-order chi connectivity index (χ1) is 8.16. The number of anilines is 1. The maximum absolute atomic E-state index is 11.3. The van der Waals surface area contributed by atoms with Gasteiger partial charge in [0, 0.05) is 12.7 Å². The Hall–Kier alpha value is -1.63. The van der Waals surface area contributed by atoms with Crippen molar-refractivity contribution in [2.45, 2.75) is 13.5 Å². The third-order valence-electron chi connectivity index (χ3n) is 2.21. The maximum atomic E-state index is 11.3. The number of aromatic amines is 1. The molecule has 0 fully saturated rings. The standard InChI is InChI=1S/C10H12BrN5O/c1-7-4-14-16(6-7)3-2-12-8-5-13-15-10(17)9(8)11/h4-6H,2-3H2,1H3,(H2,12,15,17). The molecule has 17 heavy (non-hydrogen) atoms. The lowest BCUT2D eigenvalue weighted by Crippen LogP contribution is -2.15. The number of hydrogen-bond donors (Lipinski definition) is 2. The van der Waals surface area contributed by atoms with E-state index < -0.39 is 0 Å². The minimum atomic E-state index is -0.245. The summed E-state index contributed by atoms with van der Waals surface area (Å²) in [6, 6.07) is 0. The third kappa shape index (κ3) is 2.94. The molecule has 6 nitrogen and oxygen atoms in total. The molecule has 2 aromatic heterocycles. The number of H-pyrrole nitrogens is 1. The fourth-order valence-corrected chi connectivity index (χ4v) is 1.73. The summed E-state index contributed by atoms with van der Waals surface area (Å²) >= 11 is 3.20. The first kappa shape index (κ1) is 11.8. The molecule has 0 radical (unpaired) electrons. The third-order valence-corrected chi connectivity index (χ3v) is 3.00. The molecule has 0 saturated heterocycles. The van der Waals surface area contributed by atoms with Crippen molar-refractivity contribution in [3.05, 3.63) is 39.0 Å². The second-order valence-electron chi connectivity index (χ2n) is 3.63. The fourth-order valence-electron chi connectivity index (χ4n) is 1.40. The smallest absolute Gasteiger partial charge is 0.280 e. The van der Waals surface area contributed by atoms with Gasteiger partial charge in [0.2, 0.25) is 0 Å². The van der Waals surface area contributed by atoms with E-state index >= 15 is 0 Å². The molecule has 7 heteroatoms. The van der Waals surface area contributed by atoms with E-state index in [4.69, 9.17) is 0 Å². The Labute approximate surface area is 106 Å². The van der Waals surface area contributed by atoms with Crippen LogP contribution in [-0.4, -0.2) is 26.5 Å². The van der Waals surface area contributed by atoms with Gasteiger partial charge < -0.3 is 5.32 Å². The van der Waals surface area contributed by atoms with Gasteiger partial charge in [-0.25, -0.2) is 5.10 Å². The van der Waals surface area contributed by atoms with Crippen molar-refractivity contribution >= 4 is 21.6 Å². The highest BCUT2D eigenvalue weighted by Crippen LogP contribution is 2.14. The van der Waals surface area contributed by atoms with Gasteiger partial charge in [-0.15, -0.1) is 0 Å². The lowest BCUT2D eigenvalue weighted by atomic mass is 10.4. The molecule has 0 saturated carbocycles. The molecule has 90 valence electrons. The average molecular weight is 298 g/mol. The minimum absolute atomic E-state index is 0.245. The highest BCUT2D eigenvalue weighted by molar-refractivity contribution is 9.10. The predicted octanol–water partition coefficient (Wildman–Crippen LogP) is 1.15. The number of rotatable bonds is 4. The SMILES string of the molecule is Cc1cnn(CCNc2cn[nH]c(=O)c2Br)c1. The van der Waals surface area contributed by atoms with Crippen LogP contribution < -0.4 is 10.9 Å². The molecule has 0 atom stereocenters. The molecular formula is C10H12BrN5O. The van der Waals surface area contributed by atoms with Crippen LogP contribution in [0.25, 0.3) is 0 Å². The number of aromatic nitrogens is 4. The van der Waals surface area contributed by atoms with Crippen LogP contribution in [0.2, 0.25) is 0 Å². The van der Waals surface area contributed by atoms with Crippen LogP contribution in [0.15, 0.2) is 27.9 Å². The summed E-state index contributed by atoms with van der Waals surface area (Å²) in [5.74, 6) is 0. The molecule has 2 N–H and O–H groups in total. The van der Waals surface area contributed by atoms with Gasteiger partial charge in [-0.2, -0.15) is 10.2 Å². The van der Waals surface area contributed by atoms with Gasteiger partial charge >= 0.3 is 0 Å². The van der Waals surface area contributed by atoms with Gasteiger partial charge in [-0.3, -0.25) is 9.48 Å². The van der Waals surface area contributed by atoms with Gasteiger partial charge in [-0.1, -0.05) is 0 Å². The van der Waals surface area contributed by atoms with Crippen molar-refractivity contribution in [3.8, 4) is 0 Å². The summed E-state index contributed by atoms with van der Waals surface area (Å²) in [6.45, 7) is 3.39. The molecule has 0 aliphatic heterocycles. The van der Waals surface area contributed by atoms with E-state index in [1.165, 1.54) is 0 Å². The maximum Gasteiger partial charge on any atom is 0.280 e. The number of nitrogens with one attached hydrogen (secondary N) is 2. The molecule has 2 aromatic rings. The largest absolute Gasteiger partial charge is 0.381 e. The molecule has 0 aromatic carbocycles. The topological polar surface area (TPSA) is 75.6 Å². The zero-order valence-corrected chi connectivity index (χ0v) is 10.9.